The summed E-state index contributed by atoms with van der Waals surface area (Å²) in [6.07, 6.45) is 0. The van der Waals surface area contributed by atoms with E-state index in [2.05, 4.69) is 9.57 Å². The van der Waals surface area contributed by atoms with Crippen molar-refractivity contribution in [2.24, 2.45) is 0 Å². The number of rotatable bonds is 8. The predicted molar refractivity (Wildman–Crippen MR) is 34.2 cm³/mol. The van der Waals surface area contributed by atoms with Crippen molar-refractivity contribution in [3.8, 4) is 0 Å². The lowest BCUT2D eigenvalue weighted by atomic mass is 10.7. The SMILES string of the molecule is O=COCCOCCON(O)O. The normalized spacial score (nSPS) is 10.2. The largest absolute Gasteiger partial charge is 0.465 e. The van der Waals surface area contributed by atoms with Crippen molar-refractivity contribution < 1.29 is 29.5 Å². The number of hydrogen-bond donors (Lipinski definition) is 2. The Bertz CT molecular complexity index is 108. The van der Waals surface area contributed by atoms with Crippen LogP contribution in [0.15, 0.2) is 0 Å². The Hall–Kier alpha value is -0.730. The monoisotopic (exact) mass is 181 g/mol. The Labute approximate surface area is 68.9 Å². The summed E-state index contributed by atoms with van der Waals surface area (Å²) in [6.45, 7) is 0.932. The number of hydrogen-bond acceptors (Lipinski definition) is 7. The average Bonchev–Trinajstić information content (AvgIpc) is 2.02. The molecule has 0 heterocycles. The van der Waals surface area contributed by atoms with Crippen molar-refractivity contribution in [1.82, 2.24) is 5.39 Å². The third-order valence-electron chi connectivity index (χ3n) is 0.848. The molecular formula is C5H11NO6. The van der Waals surface area contributed by atoms with Gasteiger partial charge in [-0.25, -0.2) is 4.84 Å². The molecule has 0 saturated heterocycles. The van der Waals surface area contributed by atoms with Gasteiger partial charge in [0.15, 0.2) is 0 Å². The van der Waals surface area contributed by atoms with Gasteiger partial charge in [0.05, 0.1) is 25.2 Å². The van der Waals surface area contributed by atoms with E-state index in [1.54, 1.807) is 0 Å². The molecule has 0 atom stereocenters. The van der Waals surface area contributed by atoms with Crippen LogP contribution in [-0.4, -0.2) is 48.7 Å². The maximum atomic E-state index is 9.61. The molecule has 12 heavy (non-hydrogen) atoms. The van der Waals surface area contributed by atoms with Gasteiger partial charge in [0, 0.05) is 0 Å². The molecule has 0 aromatic heterocycles. The van der Waals surface area contributed by atoms with Crippen LogP contribution < -0.4 is 0 Å². The zero-order valence-corrected chi connectivity index (χ0v) is 6.38. The van der Waals surface area contributed by atoms with E-state index in [-0.39, 0.29) is 26.4 Å². The fourth-order valence-electron chi connectivity index (χ4n) is 0.435. The third-order valence-corrected chi connectivity index (χ3v) is 0.848. The average molecular weight is 181 g/mol. The first-order valence-corrected chi connectivity index (χ1v) is 3.21. The lowest BCUT2D eigenvalue weighted by Crippen LogP contribution is -2.18. The standard InChI is InChI=1S/C5H11NO6/c7-5-11-2-1-10-3-4-12-6(8)9/h5,8-9H,1-4H2. The number of nitrogens with zero attached hydrogens (tertiary/aromatic N) is 1. The molecule has 0 spiro atoms. The minimum Gasteiger partial charge on any atom is -0.465 e. The first kappa shape index (κ1) is 11.3. The molecule has 0 aromatic carbocycles. The van der Waals surface area contributed by atoms with E-state index in [0.29, 0.717) is 6.47 Å². The van der Waals surface area contributed by atoms with Gasteiger partial charge >= 0.3 is 0 Å². The van der Waals surface area contributed by atoms with Crippen molar-refractivity contribution in [1.29, 1.82) is 0 Å². The predicted octanol–water partition coefficient (Wildman–Crippen LogP) is -0.812. The van der Waals surface area contributed by atoms with Crippen LogP contribution in [0.25, 0.3) is 0 Å². The van der Waals surface area contributed by atoms with Crippen LogP contribution in [0.4, 0.5) is 0 Å². The van der Waals surface area contributed by atoms with Crippen LogP contribution in [0.2, 0.25) is 0 Å². The lowest BCUT2D eigenvalue weighted by molar-refractivity contribution is -0.493. The quantitative estimate of drug-likeness (QED) is 0.287. The van der Waals surface area contributed by atoms with Crippen LogP contribution >= 0.6 is 0 Å². The van der Waals surface area contributed by atoms with E-state index in [4.69, 9.17) is 15.2 Å². The summed E-state index contributed by atoms with van der Waals surface area (Å²) < 4.78 is 9.13. The summed E-state index contributed by atoms with van der Waals surface area (Å²) in [5.41, 5.74) is 0. The molecule has 72 valence electrons. The van der Waals surface area contributed by atoms with Crippen LogP contribution in [0.5, 0.6) is 0 Å². The van der Waals surface area contributed by atoms with E-state index >= 15 is 0 Å². The second-order valence-electron chi connectivity index (χ2n) is 1.67. The Balaban J connectivity index is 2.86. The Kier molecular flexibility index (Phi) is 7.86. The molecule has 0 bridgehead atoms. The van der Waals surface area contributed by atoms with Crippen LogP contribution in [-0.2, 0) is 19.1 Å². The van der Waals surface area contributed by atoms with Crippen LogP contribution in [0.1, 0.15) is 0 Å². The van der Waals surface area contributed by atoms with Crippen molar-refractivity contribution in [2.75, 3.05) is 26.4 Å². The second-order valence-corrected chi connectivity index (χ2v) is 1.67. The zero-order valence-electron chi connectivity index (χ0n) is 6.38. The van der Waals surface area contributed by atoms with Gasteiger partial charge < -0.3 is 9.47 Å². The Morgan fingerprint density at radius 1 is 1.17 bits per heavy atom. The fraction of sp³-hybridized carbons (Fsp3) is 0.800. The van der Waals surface area contributed by atoms with Crippen molar-refractivity contribution >= 4 is 6.47 Å². The second kappa shape index (κ2) is 8.37. The van der Waals surface area contributed by atoms with Gasteiger partial charge in [0.1, 0.15) is 6.61 Å². The van der Waals surface area contributed by atoms with Crippen LogP contribution in [0.3, 0.4) is 0 Å². The topological polar surface area (TPSA) is 88.5 Å². The first-order valence-electron chi connectivity index (χ1n) is 3.21. The van der Waals surface area contributed by atoms with Gasteiger partial charge in [0.2, 0.25) is 0 Å². The Morgan fingerprint density at radius 2 is 1.83 bits per heavy atom. The molecule has 7 nitrogen and oxygen atoms in total. The van der Waals surface area contributed by atoms with Gasteiger partial charge in [-0.3, -0.25) is 15.2 Å². The minimum atomic E-state index is -0.398. The van der Waals surface area contributed by atoms with E-state index in [1.807, 2.05) is 0 Å². The summed E-state index contributed by atoms with van der Waals surface area (Å²) >= 11 is 0. The maximum Gasteiger partial charge on any atom is 0.293 e. The molecule has 0 aliphatic heterocycles. The molecule has 2 N–H and O–H groups in total. The summed E-state index contributed by atoms with van der Waals surface area (Å²) in [4.78, 5) is 13.8. The highest BCUT2D eigenvalue weighted by Crippen LogP contribution is 1.80. The molecule has 0 amide bonds. The summed E-state index contributed by atoms with van der Waals surface area (Å²) in [5.74, 6) is 0. The van der Waals surface area contributed by atoms with Crippen molar-refractivity contribution in [2.45, 2.75) is 0 Å². The Morgan fingerprint density at radius 3 is 2.42 bits per heavy atom. The highest BCUT2D eigenvalue weighted by atomic mass is 17.1. The van der Waals surface area contributed by atoms with Gasteiger partial charge in [-0.05, 0) is 0 Å². The number of carbonyl (C=O) groups is 1. The summed E-state index contributed by atoms with van der Waals surface area (Å²) in [7, 11) is 0. The molecule has 7 heteroatoms. The van der Waals surface area contributed by atoms with Crippen molar-refractivity contribution in [3.63, 3.8) is 0 Å². The molecule has 0 radical (unpaired) electrons. The molecule has 0 aliphatic carbocycles. The van der Waals surface area contributed by atoms with Crippen LogP contribution in [0, 0.1) is 0 Å². The summed E-state index contributed by atoms with van der Waals surface area (Å²) in [6, 6.07) is 0. The number of ether oxygens (including phenoxy) is 2. The molecule has 0 saturated carbocycles. The number of carbonyl (C=O) groups excluding carboxylic acids is 1. The molecule has 0 fully saturated rings. The van der Waals surface area contributed by atoms with E-state index < -0.39 is 5.39 Å². The smallest absolute Gasteiger partial charge is 0.293 e. The molecule has 0 aliphatic rings. The maximum absolute atomic E-state index is 9.61. The highest BCUT2D eigenvalue weighted by Gasteiger charge is 1.93. The lowest BCUT2D eigenvalue weighted by Gasteiger charge is -2.06. The molecular weight excluding hydrogens is 170 g/mol. The van der Waals surface area contributed by atoms with Gasteiger partial charge in [0.25, 0.3) is 6.47 Å². The minimum absolute atomic E-state index is 0.00803. The van der Waals surface area contributed by atoms with Gasteiger partial charge in [-0.15, -0.1) is 0 Å². The highest BCUT2D eigenvalue weighted by molar-refractivity contribution is 5.36. The van der Waals surface area contributed by atoms with E-state index in [9.17, 15) is 4.79 Å². The molecule has 0 unspecified atom stereocenters. The molecule has 0 aromatic rings. The van der Waals surface area contributed by atoms with Crippen molar-refractivity contribution in [3.05, 3.63) is 0 Å². The fourth-order valence-corrected chi connectivity index (χ4v) is 0.435. The van der Waals surface area contributed by atoms with Gasteiger partial charge in [-0.1, -0.05) is 0 Å². The van der Waals surface area contributed by atoms with E-state index in [1.165, 1.54) is 0 Å². The molecule has 0 rings (SSSR count). The zero-order chi connectivity index (χ0) is 9.23. The summed E-state index contributed by atoms with van der Waals surface area (Å²) in [5, 5.41) is 15.7. The van der Waals surface area contributed by atoms with E-state index in [0.717, 1.165) is 0 Å². The third kappa shape index (κ3) is 9.27. The first-order chi connectivity index (χ1) is 5.77. The van der Waals surface area contributed by atoms with Gasteiger partial charge in [-0.2, -0.15) is 0 Å².